The molecule has 0 heterocycles. The highest BCUT2D eigenvalue weighted by molar-refractivity contribution is 6.76. The SMILES string of the molecule is COC(=O)NC(/C=C/C[Si](C)(C)C)Cc1ccccc1. The van der Waals surface area contributed by atoms with Crippen molar-refractivity contribution in [2.75, 3.05) is 7.11 Å². The van der Waals surface area contributed by atoms with E-state index in [2.05, 4.69) is 49.2 Å². The zero-order valence-electron chi connectivity index (χ0n) is 12.8. The summed E-state index contributed by atoms with van der Waals surface area (Å²) < 4.78 is 4.69. The third-order valence-corrected chi connectivity index (χ3v) is 4.35. The van der Waals surface area contributed by atoms with E-state index < -0.39 is 8.07 Å². The van der Waals surface area contributed by atoms with Gasteiger partial charge in [-0.25, -0.2) is 4.79 Å². The minimum atomic E-state index is -1.10. The van der Waals surface area contributed by atoms with Crippen LogP contribution in [-0.2, 0) is 11.2 Å². The number of rotatable bonds is 6. The van der Waals surface area contributed by atoms with E-state index in [-0.39, 0.29) is 12.1 Å². The van der Waals surface area contributed by atoms with E-state index in [1.807, 2.05) is 18.2 Å². The first-order chi connectivity index (χ1) is 9.40. The summed E-state index contributed by atoms with van der Waals surface area (Å²) in [5.74, 6) is 0. The third kappa shape index (κ3) is 7.14. The number of benzene rings is 1. The van der Waals surface area contributed by atoms with Crippen molar-refractivity contribution in [2.24, 2.45) is 0 Å². The van der Waals surface area contributed by atoms with Gasteiger partial charge in [-0.3, -0.25) is 0 Å². The van der Waals surface area contributed by atoms with Crippen LogP contribution in [0.2, 0.25) is 25.7 Å². The van der Waals surface area contributed by atoms with Gasteiger partial charge in [0.15, 0.2) is 0 Å². The average molecular weight is 291 g/mol. The van der Waals surface area contributed by atoms with Gasteiger partial charge in [-0.15, -0.1) is 0 Å². The van der Waals surface area contributed by atoms with Gasteiger partial charge in [0.25, 0.3) is 0 Å². The fourth-order valence-corrected chi connectivity index (χ4v) is 2.67. The minimum Gasteiger partial charge on any atom is -0.453 e. The largest absolute Gasteiger partial charge is 0.453 e. The van der Waals surface area contributed by atoms with Crippen LogP contribution in [0.4, 0.5) is 4.79 Å². The fourth-order valence-electron chi connectivity index (χ4n) is 1.83. The summed E-state index contributed by atoms with van der Waals surface area (Å²) in [6.07, 6.45) is 4.67. The standard InChI is InChI=1S/C16H25NO2Si/c1-19-16(18)17-15(11-8-12-20(2,3)4)13-14-9-6-5-7-10-14/h5-11,15H,12-13H2,1-4H3,(H,17,18)/b11-8+. The Kier molecular flexibility index (Phi) is 6.52. The van der Waals surface area contributed by atoms with Crippen LogP contribution >= 0.6 is 0 Å². The molecule has 0 spiro atoms. The molecule has 20 heavy (non-hydrogen) atoms. The van der Waals surface area contributed by atoms with Crippen molar-refractivity contribution in [3.05, 3.63) is 48.0 Å². The third-order valence-electron chi connectivity index (χ3n) is 2.89. The summed E-state index contributed by atoms with van der Waals surface area (Å²) in [7, 11) is 0.294. The van der Waals surface area contributed by atoms with Crippen molar-refractivity contribution < 1.29 is 9.53 Å². The summed E-state index contributed by atoms with van der Waals surface area (Å²) in [6.45, 7) is 6.99. The number of hydrogen-bond donors (Lipinski definition) is 1. The zero-order valence-corrected chi connectivity index (χ0v) is 13.8. The normalized spacial score (nSPS) is 13.2. The first-order valence-electron chi connectivity index (χ1n) is 6.96. The Morgan fingerprint density at radius 2 is 1.95 bits per heavy atom. The number of amides is 1. The maximum atomic E-state index is 11.4. The lowest BCUT2D eigenvalue weighted by Crippen LogP contribution is -2.35. The number of methoxy groups -OCH3 is 1. The lowest BCUT2D eigenvalue weighted by molar-refractivity contribution is 0.168. The molecule has 1 atom stereocenters. The van der Waals surface area contributed by atoms with Gasteiger partial charge in [-0.05, 0) is 18.0 Å². The molecule has 110 valence electrons. The fraction of sp³-hybridized carbons (Fsp3) is 0.438. The Labute approximate surface area is 123 Å². The maximum absolute atomic E-state index is 11.4. The molecular formula is C16H25NO2Si. The Morgan fingerprint density at radius 3 is 2.50 bits per heavy atom. The van der Waals surface area contributed by atoms with Crippen molar-refractivity contribution >= 4 is 14.2 Å². The summed E-state index contributed by atoms with van der Waals surface area (Å²) in [5.41, 5.74) is 1.20. The predicted molar refractivity (Wildman–Crippen MR) is 86.8 cm³/mol. The number of carbonyl (C=O) groups excluding carboxylic acids is 1. The summed E-state index contributed by atoms with van der Waals surface area (Å²) in [4.78, 5) is 11.4. The van der Waals surface area contributed by atoms with E-state index in [1.165, 1.54) is 12.7 Å². The van der Waals surface area contributed by atoms with Crippen molar-refractivity contribution in [1.82, 2.24) is 5.32 Å². The highest BCUT2D eigenvalue weighted by atomic mass is 28.3. The summed E-state index contributed by atoms with van der Waals surface area (Å²) in [5, 5.41) is 2.87. The van der Waals surface area contributed by atoms with Gasteiger partial charge in [0, 0.05) is 8.07 Å². The monoisotopic (exact) mass is 291 g/mol. The molecule has 0 saturated carbocycles. The van der Waals surface area contributed by atoms with Crippen LogP contribution in [0.1, 0.15) is 5.56 Å². The average Bonchev–Trinajstić information content (AvgIpc) is 2.38. The molecular weight excluding hydrogens is 266 g/mol. The Morgan fingerprint density at radius 1 is 1.30 bits per heavy atom. The van der Waals surface area contributed by atoms with E-state index in [9.17, 15) is 4.79 Å². The molecule has 0 aliphatic heterocycles. The number of hydrogen-bond acceptors (Lipinski definition) is 2. The first-order valence-corrected chi connectivity index (χ1v) is 10.7. The molecule has 0 aromatic heterocycles. The van der Waals surface area contributed by atoms with Crippen molar-refractivity contribution in [2.45, 2.75) is 38.1 Å². The van der Waals surface area contributed by atoms with E-state index in [0.29, 0.717) is 0 Å². The second kappa shape index (κ2) is 7.90. The maximum Gasteiger partial charge on any atom is 0.407 e. The number of allylic oxidation sites excluding steroid dienone is 1. The molecule has 0 fully saturated rings. The zero-order chi connectivity index (χ0) is 15.0. The molecule has 0 radical (unpaired) electrons. The van der Waals surface area contributed by atoms with Crippen molar-refractivity contribution in [3.63, 3.8) is 0 Å². The topological polar surface area (TPSA) is 38.3 Å². The van der Waals surface area contributed by atoms with Gasteiger partial charge in [-0.2, -0.15) is 0 Å². The number of alkyl carbamates (subject to hydrolysis) is 1. The van der Waals surface area contributed by atoms with Crippen molar-refractivity contribution in [1.29, 1.82) is 0 Å². The molecule has 0 saturated heterocycles. The lowest BCUT2D eigenvalue weighted by atomic mass is 10.1. The molecule has 3 nitrogen and oxygen atoms in total. The molecule has 1 unspecified atom stereocenters. The summed E-state index contributed by atoms with van der Waals surface area (Å²) >= 11 is 0. The first kappa shape index (κ1) is 16.5. The van der Waals surface area contributed by atoms with Gasteiger partial charge in [-0.1, -0.05) is 62.1 Å². The van der Waals surface area contributed by atoms with E-state index in [1.54, 1.807) is 0 Å². The van der Waals surface area contributed by atoms with E-state index >= 15 is 0 Å². The molecule has 1 amide bonds. The second-order valence-electron chi connectivity index (χ2n) is 6.13. The molecule has 0 aliphatic rings. The van der Waals surface area contributed by atoms with Crippen LogP contribution in [0.25, 0.3) is 0 Å². The van der Waals surface area contributed by atoms with Crippen LogP contribution in [0.5, 0.6) is 0 Å². The number of carbonyl (C=O) groups is 1. The van der Waals surface area contributed by atoms with Gasteiger partial charge in [0.1, 0.15) is 0 Å². The molecule has 1 rings (SSSR count). The molecule has 1 aromatic carbocycles. The van der Waals surface area contributed by atoms with Gasteiger partial charge in [0.05, 0.1) is 13.2 Å². The summed E-state index contributed by atoms with van der Waals surface area (Å²) in [6, 6.07) is 11.2. The van der Waals surface area contributed by atoms with Crippen LogP contribution in [0.15, 0.2) is 42.5 Å². The Hall–Kier alpha value is -1.55. The van der Waals surface area contributed by atoms with Crippen LogP contribution in [0.3, 0.4) is 0 Å². The number of nitrogens with one attached hydrogen (secondary N) is 1. The molecule has 4 heteroatoms. The Balaban J connectivity index is 2.67. The quantitative estimate of drug-likeness (QED) is 0.638. The minimum absolute atomic E-state index is 0.0267. The van der Waals surface area contributed by atoms with Crippen LogP contribution in [0, 0.1) is 0 Å². The highest BCUT2D eigenvalue weighted by Gasteiger charge is 2.12. The van der Waals surface area contributed by atoms with Gasteiger partial charge >= 0.3 is 6.09 Å². The van der Waals surface area contributed by atoms with Gasteiger partial charge in [0.2, 0.25) is 0 Å². The van der Waals surface area contributed by atoms with E-state index in [4.69, 9.17) is 4.74 Å². The highest BCUT2D eigenvalue weighted by Crippen LogP contribution is 2.10. The van der Waals surface area contributed by atoms with Crippen molar-refractivity contribution in [3.8, 4) is 0 Å². The lowest BCUT2D eigenvalue weighted by Gasteiger charge is -2.16. The smallest absolute Gasteiger partial charge is 0.407 e. The molecule has 0 aliphatic carbocycles. The molecule has 0 bridgehead atoms. The van der Waals surface area contributed by atoms with Crippen LogP contribution in [-0.4, -0.2) is 27.3 Å². The predicted octanol–water partition coefficient (Wildman–Crippen LogP) is 3.85. The molecule has 1 aromatic rings. The van der Waals surface area contributed by atoms with Gasteiger partial charge < -0.3 is 10.1 Å². The Bertz CT molecular complexity index is 438. The second-order valence-corrected chi connectivity index (χ2v) is 11.7. The molecule has 1 N–H and O–H groups in total. The number of ether oxygens (including phenoxy) is 1. The van der Waals surface area contributed by atoms with Crippen LogP contribution < -0.4 is 5.32 Å². The van der Waals surface area contributed by atoms with E-state index in [0.717, 1.165) is 12.5 Å².